The maximum atomic E-state index is 12.3. The van der Waals surface area contributed by atoms with E-state index in [9.17, 15) is 4.79 Å². The van der Waals surface area contributed by atoms with Gasteiger partial charge in [0.15, 0.2) is 0 Å². The first kappa shape index (κ1) is 14.6. The Bertz CT molecular complexity index is 600. The fourth-order valence-electron chi connectivity index (χ4n) is 2.22. The summed E-state index contributed by atoms with van der Waals surface area (Å²) >= 11 is 5.93. The van der Waals surface area contributed by atoms with Gasteiger partial charge in [0.1, 0.15) is 0 Å². The van der Waals surface area contributed by atoms with E-state index in [1.807, 2.05) is 18.2 Å². The van der Waals surface area contributed by atoms with Crippen LogP contribution in [0.2, 0.25) is 5.02 Å². The second-order valence-electron chi connectivity index (χ2n) is 4.62. The van der Waals surface area contributed by atoms with Gasteiger partial charge in [-0.05, 0) is 42.2 Å². The molecular weight excluding hydrogens is 270 g/mol. The normalized spacial score (nSPS) is 10.3. The van der Waals surface area contributed by atoms with Crippen LogP contribution in [0.3, 0.4) is 0 Å². The number of carbonyl (C=O) groups excluding carboxylic acids is 1. The van der Waals surface area contributed by atoms with Gasteiger partial charge < -0.3 is 5.32 Å². The van der Waals surface area contributed by atoms with E-state index in [2.05, 4.69) is 19.2 Å². The third-order valence-electron chi connectivity index (χ3n) is 3.32. The largest absolute Gasteiger partial charge is 0.321 e. The molecule has 104 valence electrons. The minimum Gasteiger partial charge on any atom is -0.321 e. The van der Waals surface area contributed by atoms with Crippen molar-refractivity contribution in [2.45, 2.75) is 26.7 Å². The summed E-state index contributed by atoms with van der Waals surface area (Å²) in [5.74, 6) is -0.122. The Morgan fingerprint density at radius 2 is 1.65 bits per heavy atom. The first-order chi connectivity index (χ1) is 9.65. The van der Waals surface area contributed by atoms with Gasteiger partial charge in [0.05, 0.1) is 0 Å². The predicted molar refractivity (Wildman–Crippen MR) is 84.6 cm³/mol. The van der Waals surface area contributed by atoms with Crippen LogP contribution in [0.15, 0.2) is 42.5 Å². The number of hydrogen-bond acceptors (Lipinski definition) is 1. The topological polar surface area (TPSA) is 29.1 Å². The molecule has 0 aromatic heterocycles. The van der Waals surface area contributed by atoms with Crippen molar-refractivity contribution >= 4 is 23.2 Å². The molecule has 1 N–H and O–H groups in total. The SMILES string of the molecule is CCc1cccc(CC)c1NC(=O)c1cccc(Cl)c1. The van der Waals surface area contributed by atoms with Crippen molar-refractivity contribution in [3.8, 4) is 0 Å². The Labute approximate surface area is 124 Å². The van der Waals surface area contributed by atoms with E-state index >= 15 is 0 Å². The molecule has 0 aliphatic rings. The quantitative estimate of drug-likeness (QED) is 0.866. The molecule has 0 spiro atoms. The van der Waals surface area contributed by atoms with Crippen molar-refractivity contribution in [3.63, 3.8) is 0 Å². The number of halogens is 1. The smallest absolute Gasteiger partial charge is 0.255 e. The number of rotatable bonds is 4. The Kier molecular flexibility index (Phi) is 4.80. The molecular formula is C17H18ClNO. The van der Waals surface area contributed by atoms with Crippen molar-refractivity contribution in [3.05, 3.63) is 64.2 Å². The number of nitrogens with one attached hydrogen (secondary N) is 1. The van der Waals surface area contributed by atoms with E-state index in [0.29, 0.717) is 10.6 Å². The predicted octanol–water partition coefficient (Wildman–Crippen LogP) is 4.72. The van der Waals surface area contributed by atoms with Gasteiger partial charge in [-0.2, -0.15) is 0 Å². The average Bonchev–Trinajstić information content (AvgIpc) is 2.47. The molecule has 0 radical (unpaired) electrons. The molecule has 3 heteroatoms. The van der Waals surface area contributed by atoms with Gasteiger partial charge in [-0.1, -0.05) is 49.7 Å². The van der Waals surface area contributed by atoms with Crippen molar-refractivity contribution in [2.75, 3.05) is 5.32 Å². The molecule has 0 heterocycles. The maximum Gasteiger partial charge on any atom is 0.255 e. The minimum absolute atomic E-state index is 0.122. The van der Waals surface area contributed by atoms with Gasteiger partial charge in [-0.15, -0.1) is 0 Å². The van der Waals surface area contributed by atoms with Crippen molar-refractivity contribution in [2.24, 2.45) is 0 Å². The molecule has 0 bridgehead atoms. The lowest BCUT2D eigenvalue weighted by molar-refractivity contribution is 0.102. The van der Waals surface area contributed by atoms with Crippen LogP contribution in [0.5, 0.6) is 0 Å². The summed E-state index contributed by atoms with van der Waals surface area (Å²) in [6.07, 6.45) is 1.78. The van der Waals surface area contributed by atoms with Gasteiger partial charge in [0.25, 0.3) is 5.91 Å². The third kappa shape index (κ3) is 3.20. The van der Waals surface area contributed by atoms with E-state index in [1.54, 1.807) is 24.3 Å². The van der Waals surface area contributed by atoms with E-state index in [-0.39, 0.29) is 5.91 Å². The summed E-state index contributed by atoms with van der Waals surface area (Å²) in [4.78, 5) is 12.3. The number of carbonyl (C=O) groups is 1. The first-order valence-corrected chi connectivity index (χ1v) is 7.21. The van der Waals surface area contributed by atoms with Gasteiger partial charge >= 0.3 is 0 Å². The number of anilines is 1. The number of benzene rings is 2. The highest BCUT2D eigenvalue weighted by atomic mass is 35.5. The molecule has 2 aromatic carbocycles. The second-order valence-corrected chi connectivity index (χ2v) is 5.06. The van der Waals surface area contributed by atoms with Crippen LogP contribution in [-0.4, -0.2) is 5.91 Å². The molecule has 0 saturated heterocycles. The van der Waals surface area contributed by atoms with Crippen LogP contribution in [0.25, 0.3) is 0 Å². The number of amides is 1. The fraction of sp³-hybridized carbons (Fsp3) is 0.235. The highest BCUT2D eigenvalue weighted by Gasteiger charge is 2.11. The van der Waals surface area contributed by atoms with Gasteiger partial charge in [0.2, 0.25) is 0 Å². The minimum atomic E-state index is -0.122. The summed E-state index contributed by atoms with van der Waals surface area (Å²) in [7, 11) is 0. The van der Waals surface area contributed by atoms with Crippen LogP contribution >= 0.6 is 11.6 Å². The van der Waals surface area contributed by atoms with Crippen LogP contribution in [0.1, 0.15) is 35.3 Å². The summed E-state index contributed by atoms with van der Waals surface area (Å²) in [5, 5.41) is 3.59. The Hall–Kier alpha value is -1.80. The van der Waals surface area contributed by atoms with Crippen molar-refractivity contribution in [1.82, 2.24) is 0 Å². The molecule has 0 atom stereocenters. The van der Waals surface area contributed by atoms with E-state index < -0.39 is 0 Å². The third-order valence-corrected chi connectivity index (χ3v) is 3.56. The lowest BCUT2D eigenvalue weighted by atomic mass is 10.0. The van der Waals surface area contributed by atoms with E-state index in [1.165, 1.54) is 0 Å². The zero-order valence-corrected chi connectivity index (χ0v) is 12.5. The average molecular weight is 288 g/mol. The van der Waals surface area contributed by atoms with E-state index in [0.717, 1.165) is 29.7 Å². The molecule has 1 amide bonds. The molecule has 20 heavy (non-hydrogen) atoms. The van der Waals surface area contributed by atoms with Crippen LogP contribution in [-0.2, 0) is 12.8 Å². The summed E-state index contributed by atoms with van der Waals surface area (Å²) in [6, 6.07) is 13.1. The van der Waals surface area contributed by atoms with Crippen LogP contribution in [0, 0.1) is 0 Å². The molecule has 0 saturated carbocycles. The second kappa shape index (κ2) is 6.58. The standard InChI is InChI=1S/C17H18ClNO/c1-3-12-7-5-8-13(4-2)16(12)19-17(20)14-9-6-10-15(18)11-14/h5-11H,3-4H2,1-2H3,(H,19,20). The molecule has 0 unspecified atom stereocenters. The van der Waals surface area contributed by atoms with Gasteiger partial charge in [-0.25, -0.2) is 0 Å². The Morgan fingerprint density at radius 3 is 2.20 bits per heavy atom. The molecule has 2 rings (SSSR count). The molecule has 0 aliphatic carbocycles. The zero-order valence-electron chi connectivity index (χ0n) is 11.7. The highest BCUT2D eigenvalue weighted by molar-refractivity contribution is 6.31. The first-order valence-electron chi connectivity index (χ1n) is 6.83. The molecule has 2 nitrogen and oxygen atoms in total. The Balaban J connectivity index is 2.32. The highest BCUT2D eigenvalue weighted by Crippen LogP contribution is 2.23. The molecule has 0 aliphatic heterocycles. The number of aryl methyl sites for hydroxylation is 2. The Morgan fingerprint density at radius 1 is 1.05 bits per heavy atom. The lowest BCUT2D eigenvalue weighted by Crippen LogP contribution is -2.14. The van der Waals surface area contributed by atoms with Crippen LogP contribution < -0.4 is 5.32 Å². The number of hydrogen-bond donors (Lipinski definition) is 1. The summed E-state index contributed by atoms with van der Waals surface area (Å²) in [6.45, 7) is 4.17. The molecule has 0 fully saturated rings. The summed E-state index contributed by atoms with van der Waals surface area (Å²) in [5.41, 5.74) is 3.81. The van der Waals surface area contributed by atoms with E-state index in [4.69, 9.17) is 11.6 Å². The number of para-hydroxylation sites is 1. The zero-order chi connectivity index (χ0) is 14.5. The van der Waals surface area contributed by atoms with Gasteiger partial charge in [0, 0.05) is 16.3 Å². The monoisotopic (exact) mass is 287 g/mol. The van der Waals surface area contributed by atoms with Crippen molar-refractivity contribution < 1.29 is 4.79 Å². The fourth-order valence-corrected chi connectivity index (χ4v) is 2.41. The van der Waals surface area contributed by atoms with Crippen LogP contribution in [0.4, 0.5) is 5.69 Å². The maximum absolute atomic E-state index is 12.3. The lowest BCUT2D eigenvalue weighted by Gasteiger charge is -2.14. The summed E-state index contributed by atoms with van der Waals surface area (Å²) < 4.78 is 0. The van der Waals surface area contributed by atoms with Gasteiger partial charge in [-0.3, -0.25) is 4.79 Å². The molecule has 2 aromatic rings. The van der Waals surface area contributed by atoms with Crippen molar-refractivity contribution in [1.29, 1.82) is 0 Å².